The first-order valence-electron chi connectivity index (χ1n) is 8.09. The molecule has 0 aromatic heterocycles. The summed E-state index contributed by atoms with van der Waals surface area (Å²) < 4.78 is 38.7. The summed E-state index contributed by atoms with van der Waals surface area (Å²) in [5.41, 5.74) is -1.33. The maximum absolute atomic E-state index is 12.9. The minimum Gasteiger partial charge on any atom is -0.354 e. The van der Waals surface area contributed by atoms with Crippen LogP contribution < -0.4 is 10.6 Å². The molecule has 4 nitrogen and oxygen atoms in total. The summed E-state index contributed by atoms with van der Waals surface area (Å²) in [4.78, 5) is 24.6. The molecule has 0 bridgehead atoms. The van der Waals surface area contributed by atoms with Gasteiger partial charge in [-0.05, 0) is 43.7 Å². The first kappa shape index (κ1) is 16.8. The van der Waals surface area contributed by atoms with Gasteiger partial charge in [0.25, 0.3) is 0 Å². The van der Waals surface area contributed by atoms with Crippen LogP contribution in [0.3, 0.4) is 0 Å². The van der Waals surface area contributed by atoms with Crippen molar-refractivity contribution in [3.8, 4) is 0 Å². The third-order valence-electron chi connectivity index (χ3n) is 4.77. The molecule has 7 heteroatoms. The van der Waals surface area contributed by atoms with Gasteiger partial charge in [-0.25, -0.2) is 0 Å². The maximum Gasteiger partial charge on any atom is 0.416 e. The van der Waals surface area contributed by atoms with Gasteiger partial charge < -0.3 is 10.6 Å². The highest BCUT2D eigenvalue weighted by molar-refractivity contribution is 5.95. The van der Waals surface area contributed by atoms with Crippen molar-refractivity contribution in [1.82, 2.24) is 10.6 Å². The van der Waals surface area contributed by atoms with E-state index in [0.29, 0.717) is 31.4 Å². The fourth-order valence-corrected chi connectivity index (χ4v) is 3.14. The third kappa shape index (κ3) is 3.25. The summed E-state index contributed by atoms with van der Waals surface area (Å²) in [5, 5.41) is 5.47. The second-order valence-corrected chi connectivity index (χ2v) is 6.47. The molecule has 1 saturated heterocycles. The van der Waals surface area contributed by atoms with Crippen molar-refractivity contribution >= 4 is 11.8 Å². The van der Waals surface area contributed by atoms with Crippen molar-refractivity contribution in [2.45, 2.75) is 49.7 Å². The minimum absolute atomic E-state index is 0.222. The van der Waals surface area contributed by atoms with E-state index >= 15 is 0 Å². The number of carbonyl (C=O) groups is 2. The van der Waals surface area contributed by atoms with Crippen LogP contribution in [-0.4, -0.2) is 24.4 Å². The average Bonchev–Trinajstić information content (AvgIpc) is 3.35. The zero-order valence-corrected chi connectivity index (χ0v) is 13.1. The molecule has 1 atom stereocenters. The third-order valence-corrected chi connectivity index (χ3v) is 4.77. The van der Waals surface area contributed by atoms with Crippen molar-refractivity contribution in [3.63, 3.8) is 0 Å². The largest absolute Gasteiger partial charge is 0.416 e. The van der Waals surface area contributed by atoms with Gasteiger partial charge in [-0.15, -0.1) is 0 Å². The Hall–Kier alpha value is -2.05. The molecule has 3 rings (SSSR count). The van der Waals surface area contributed by atoms with Gasteiger partial charge in [0, 0.05) is 6.54 Å². The lowest BCUT2D eigenvalue weighted by atomic mass is 9.92. The van der Waals surface area contributed by atoms with Gasteiger partial charge in [-0.3, -0.25) is 9.59 Å². The Morgan fingerprint density at radius 3 is 2.67 bits per heavy atom. The summed E-state index contributed by atoms with van der Waals surface area (Å²) in [6, 6.07) is 4.30. The number of benzene rings is 1. The first-order valence-corrected chi connectivity index (χ1v) is 8.09. The van der Waals surface area contributed by atoms with Gasteiger partial charge in [0.1, 0.15) is 6.04 Å². The molecule has 0 spiro atoms. The summed E-state index contributed by atoms with van der Waals surface area (Å²) in [6.45, 7) is 0.587. The van der Waals surface area contributed by atoms with Crippen LogP contribution in [0.4, 0.5) is 13.2 Å². The van der Waals surface area contributed by atoms with E-state index < -0.39 is 23.2 Å². The molecule has 1 heterocycles. The van der Waals surface area contributed by atoms with Crippen LogP contribution in [-0.2, 0) is 21.2 Å². The highest BCUT2D eigenvalue weighted by atomic mass is 19.4. The molecule has 1 aromatic rings. The monoisotopic (exact) mass is 340 g/mol. The van der Waals surface area contributed by atoms with E-state index in [4.69, 9.17) is 0 Å². The average molecular weight is 340 g/mol. The van der Waals surface area contributed by atoms with Gasteiger partial charge in [0.2, 0.25) is 11.8 Å². The van der Waals surface area contributed by atoms with Gasteiger partial charge in [0.05, 0.1) is 11.0 Å². The standard InChI is InChI=1S/C17H19F3N2O2/c18-17(19,20)12-5-3-4-11(10-12)16(7-8-16)15(24)22-13-6-1-2-9-21-14(13)23/h3-5,10,13H,1-2,6-9H2,(H,21,23)(H,22,24). The summed E-state index contributed by atoms with van der Waals surface area (Å²) in [5.74, 6) is -0.579. The second kappa shape index (κ2) is 6.11. The molecule has 2 amide bonds. The van der Waals surface area contributed by atoms with Gasteiger partial charge in [-0.1, -0.05) is 18.2 Å². The number of halogens is 3. The van der Waals surface area contributed by atoms with Gasteiger partial charge in [0.15, 0.2) is 0 Å². The van der Waals surface area contributed by atoms with Crippen LogP contribution in [0.15, 0.2) is 24.3 Å². The van der Waals surface area contributed by atoms with Crippen molar-refractivity contribution in [2.75, 3.05) is 6.54 Å². The maximum atomic E-state index is 12.9. The molecule has 1 aromatic carbocycles. The summed E-state index contributed by atoms with van der Waals surface area (Å²) >= 11 is 0. The predicted molar refractivity (Wildman–Crippen MR) is 81.1 cm³/mol. The lowest BCUT2D eigenvalue weighted by Gasteiger charge is -2.21. The number of rotatable bonds is 3. The van der Waals surface area contributed by atoms with E-state index in [9.17, 15) is 22.8 Å². The smallest absolute Gasteiger partial charge is 0.354 e. The topological polar surface area (TPSA) is 58.2 Å². The first-order chi connectivity index (χ1) is 11.3. The fraction of sp³-hybridized carbons (Fsp3) is 0.529. The number of hydrogen-bond donors (Lipinski definition) is 2. The normalized spacial score (nSPS) is 23.1. The predicted octanol–water partition coefficient (Wildman–Crippen LogP) is 2.52. The van der Waals surface area contributed by atoms with E-state index in [1.165, 1.54) is 6.07 Å². The second-order valence-electron chi connectivity index (χ2n) is 6.47. The van der Waals surface area contributed by atoms with E-state index in [-0.39, 0.29) is 11.8 Å². The molecule has 1 aliphatic carbocycles. The van der Waals surface area contributed by atoms with Crippen molar-refractivity contribution in [1.29, 1.82) is 0 Å². The van der Waals surface area contributed by atoms with Crippen LogP contribution in [0.25, 0.3) is 0 Å². The number of amides is 2. The molecule has 130 valence electrons. The molecule has 1 aliphatic heterocycles. The quantitative estimate of drug-likeness (QED) is 0.888. The van der Waals surface area contributed by atoms with Crippen LogP contribution in [0.2, 0.25) is 0 Å². The van der Waals surface area contributed by atoms with Gasteiger partial charge in [-0.2, -0.15) is 13.2 Å². The Balaban J connectivity index is 1.78. The Kier molecular flexibility index (Phi) is 4.27. The molecular weight excluding hydrogens is 321 g/mol. The Bertz CT molecular complexity index is 653. The summed E-state index contributed by atoms with van der Waals surface area (Å²) in [7, 11) is 0. The Labute approximate surface area is 137 Å². The van der Waals surface area contributed by atoms with E-state index in [1.54, 1.807) is 6.07 Å². The molecule has 0 radical (unpaired) electrons. The SMILES string of the molecule is O=C1NCCCCC1NC(=O)C1(c2cccc(C(F)(F)F)c2)CC1. The number of alkyl halides is 3. The fourth-order valence-electron chi connectivity index (χ4n) is 3.14. The van der Waals surface area contributed by atoms with Crippen LogP contribution in [0.5, 0.6) is 0 Å². The van der Waals surface area contributed by atoms with Crippen molar-refractivity contribution in [2.24, 2.45) is 0 Å². The van der Waals surface area contributed by atoms with E-state index in [1.807, 2.05) is 0 Å². The minimum atomic E-state index is -4.44. The van der Waals surface area contributed by atoms with Crippen molar-refractivity contribution < 1.29 is 22.8 Å². The molecule has 2 aliphatic rings. The number of nitrogens with one attached hydrogen (secondary N) is 2. The zero-order chi connectivity index (χ0) is 17.4. The molecular formula is C17H19F3N2O2. The van der Waals surface area contributed by atoms with Crippen LogP contribution >= 0.6 is 0 Å². The lowest BCUT2D eigenvalue weighted by Crippen LogP contribution is -2.48. The summed E-state index contributed by atoms with van der Waals surface area (Å²) in [6.07, 6.45) is -1.22. The highest BCUT2D eigenvalue weighted by Crippen LogP contribution is 2.49. The lowest BCUT2D eigenvalue weighted by molar-refractivity contribution is -0.137. The van der Waals surface area contributed by atoms with E-state index in [0.717, 1.165) is 25.0 Å². The van der Waals surface area contributed by atoms with Crippen LogP contribution in [0, 0.1) is 0 Å². The Morgan fingerprint density at radius 1 is 1.25 bits per heavy atom. The van der Waals surface area contributed by atoms with Gasteiger partial charge >= 0.3 is 6.18 Å². The van der Waals surface area contributed by atoms with Crippen molar-refractivity contribution in [3.05, 3.63) is 35.4 Å². The molecule has 2 fully saturated rings. The Morgan fingerprint density at radius 2 is 2.00 bits per heavy atom. The molecule has 24 heavy (non-hydrogen) atoms. The molecule has 1 saturated carbocycles. The van der Waals surface area contributed by atoms with E-state index in [2.05, 4.69) is 10.6 Å². The number of hydrogen-bond acceptors (Lipinski definition) is 2. The number of carbonyl (C=O) groups excluding carboxylic acids is 2. The highest BCUT2D eigenvalue weighted by Gasteiger charge is 2.52. The molecule has 2 N–H and O–H groups in total. The van der Waals surface area contributed by atoms with Crippen LogP contribution in [0.1, 0.15) is 43.2 Å². The molecule has 1 unspecified atom stereocenters. The zero-order valence-electron chi connectivity index (χ0n) is 13.1.